The van der Waals surface area contributed by atoms with E-state index in [4.69, 9.17) is 0 Å². The van der Waals surface area contributed by atoms with Crippen LogP contribution in [0.1, 0.15) is 76.5 Å². The molecule has 0 spiro atoms. The molecule has 0 saturated heterocycles. The van der Waals surface area contributed by atoms with Crippen LogP contribution in [0.4, 0.5) is 5.69 Å². The number of aromatic nitrogens is 2. The van der Waals surface area contributed by atoms with Gasteiger partial charge in [0.25, 0.3) is 5.91 Å². The molecule has 0 N–H and O–H groups in total. The Morgan fingerprint density at radius 1 is 0.914 bits per heavy atom. The first kappa shape index (κ1) is 26.9. The normalized spacial score (nSPS) is 16.0. The lowest BCUT2D eigenvalue weighted by Gasteiger charge is -2.29. The first-order valence-electron chi connectivity index (χ1n) is 13.1. The third-order valence-corrected chi connectivity index (χ3v) is 6.36. The summed E-state index contributed by atoms with van der Waals surface area (Å²) in [7, 11) is 0. The third-order valence-electron chi connectivity index (χ3n) is 6.36. The van der Waals surface area contributed by atoms with Gasteiger partial charge in [-0.15, -0.1) is 0 Å². The molecule has 1 aliphatic rings. The lowest BCUT2D eigenvalue weighted by molar-refractivity contribution is -0.119. The molecule has 0 unspecified atom stereocenters. The summed E-state index contributed by atoms with van der Waals surface area (Å²) in [6, 6.07) is 9.97. The lowest BCUT2D eigenvalue weighted by atomic mass is 10.1. The number of hydrogen-bond acceptors (Lipinski definition) is 4. The second-order valence-electron chi connectivity index (χ2n) is 10.8. The van der Waals surface area contributed by atoms with Gasteiger partial charge in [-0.1, -0.05) is 45.9 Å². The molecular weight excluding hydrogens is 438 g/mol. The molecule has 0 saturated carbocycles. The molecular formula is C28H43N5O2. The fourth-order valence-corrected chi connectivity index (χ4v) is 4.79. The van der Waals surface area contributed by atoms with Gasteiger partial charge >= 0.3 is 0 Å². The minimum atomic E-state index is -0.0187. The predicted octanol–water partition coefficient (Wildman–Crippen LogP) is 4.85. The molecule has 2 aromatic rings. The fraction of sp³-hybridized carbons (Fsp3) is 0.607. The second kappa shape index (κ2) is 12.3. The van der Waals surface area contributed by atoms with Gasteiger partial charge < -0.3 is 14.7 Å². The first-order valence-corrected chi connectivity index (χ1v) is 13.1. The largest absolute Gasteiger partial charge is 0.332 e. The maximum absolute atomic E-state index is 13.8. The van der Waals surface area contributed by atoms with E-state index >= 15 is 0 Å². The van der Waals surface area contributed by atoms with Crippen molar-refractivity contribution < 1.29 is 9.59 Å². The van der Waals surface area contributed by atoms with E-state index in [1.165, 1.54) is 0 Å². The van der Waals surface area contributed by atoms with Crippen molar-refractivity contribution in [3.8, 4) is 0 Å². The molecule has 0 fully saturated rings. The number of amides is 2. The molecule has 1 aromatic heterocycles. The van der Waals surface area contributed by atoms with E-state index in [1.54, 1.807) is 10.9 Å². The molecule has 7 heteroatoms. The molecule has 1 aliphatic heterocycles. The SMILES string of the molecule is CC(C)CC(=O)N1CCCN(CC(C)C)CCN(C(=O)c2ccnn2C(C)C)Cc2ccccc21. The van der Waals surface area contributed by atoms with Crippen LogP contribution in [0.15, 0.2) is 36.5 Å². The van der Waals surface area contributed by atoms with Gasteiger partial charge in [0, 0.05) is 57.1 Å². The topological polar surface area (TPSA) is 61.7 Å². The van der Waals surface area contributed by atoms with Crippen molar-refractivity contribution in [3.05, 3.63) is 47.8 Å². The minimum absolute atomic E-state index is 0.0187. The van der Waals surface area contributed by atoms with Crippen LogP contribution in [0.25, 0.3) is 0 Å². The van der Waals surface area contributed by atoms with Gasteiger partial charge in [0.05, 0.1) is 0 Å². The van der Waals surface area contributed by atoms with Crippen LogP contribution in [-0.2, 0) is 11.3 Å². The number of hydrogen-bond donors (Lipinski definition) is 0. The Morgan fingerprint density at radius 2 is 1.66 bits per heavy atom. The number of carbonyl (C=O) groups is 2. The summed E-state index contributed by atoms with van der Waals surface area (Å²) in [6.07, 6.45) is 3.12. The summed E-state index contributed by atoms with van der Waals surface area (Å²) < 4.78 is 1.80. The summed E-state index contributed by atoms with van der Waals surface area (Å²) in [4.78, 5) is 33.4. The van der Waals surface area contributed by atoms with E-state index in [1.807, 2.05) is 47.9 Å². The van der Waals surface area contributed by atoms with E-state index in [9.17, 15) is 9.59 Å². The van der Waals surface area contributed by atoms with E-state index in [0.717, 1.165) is 37.3 Å². The maximum Gasteiger partial charge on any atom is 0.272 e. The number of benzene rings is 1. The van der Waals surface area contributed by atoms with E-state index in [2.05, 4.69) is 43.8 Å². The molecule has 35 heavy (non-hydrogen) atoms. The van der Waals surface area contributed by atoms with Crippen molar-refractivity contribution in [2.24, 2.45) is 11.8 Å². The Morgan fingerprint density at radius 3 is 2.34 bits per heavy atom. The van der Waals surface area contributed by atoms with Crippen molar-refractivity contribution in [3.63, 3.8) is 0 Å². The van der Waals surface area contributed by atoms with E-state index in [-0.39, 0.29) is 17.9 Å². The van der Waals surface area contributed by atoms with Crippen LogP contribution in [0.2, 0.25) is 0 Å². The molecule has 0 bridgehead atoms. The van der Waals surface area contributed by atoms with E-state index in [0.29, 0.717) is 43.6 Å². The van der Waals surface area contributed by atoms with Gasteiger partial charge in [-0.2, -0.15) is 5.10 Å². The molecule has 0 atom stereocenters. The third kappa shape index (κ3) is 7.17. The monoisotopic (exact) mass is 481 g/mol. The van der Waals surface area contributed by atoms with Gasteiger partial charge in [0.1, 0.15) is 5.69 Å². The van der Waals surface area contributed by atoms with Gasteiger partial charge in [-0.3, -0.25) is 14.3 Å². The van der Waals surface area contributed by atoms with Crippen LogP contribution >= 0.6 is 0 Å². The number of rotatable bonds is 6. The van der Waals surface area contributed by atoms with Crippen molar-refractivity contribution in [2.75, 3.05) is 37.6 Å². The Kier molecular flexibility index (Phi) is 9.49. The molecule has 192 valence electrons. The minimum Gasteiger partial charge on any atom is -0.332 e. The van der Waals surface area contributed by atoms with Gasteiger partial charge in [-0.05, 0) is 56.3 Å². The van der Waals surface area contributed by atoms with Gasteiger partial charge in [0.15, 0.2) is 0 Å². The average Bonchev–Trinajstić information content (AvgIpc) is 3.27. The summed E-state index contributed by atoms with van der Waals surface area (Å²) in [6.45, 7) is 17.1. The van der Waals surface area contributed by atoms with E-state index < -0.39 is 0 Å². The zero-order valence-electron chi connectivity index (χ0n) is 22.4. The molecule has 1 aromatic carbocycles. The molecule has 2 heterocycles. The average molecular weight is 482 g/mol. The van der Waals surface area contributed by atoms with Crippen molar-refractivity contribution >= 4 is 17.5 Å². The highest BCUT2D eigenvalue weighted by molar-refractivity contribution is 5.95. The van der Waals surface area contributed by atoms with Crippen molar-refractivity contribution in [2.45, 2.75) is 67.0 Å². The predicted molar refractivity (Wildman–Crippen MR) is 141 cm³/mol. The van der Waals surface area contributed by atoms with Crippen LogP contribution in [0.5, 0.6) is 0 Å². The molecule has 2 amide bonds. The Balaban J connectivity index is 2.00. The molecule has 0 radical (unpaired) electrons. The lowest BCUT2D eigenvalue weighted by Crippen LogP contribution is -2.40. The zero-order valence-corrected chi connectivity index (χ0v) is 22.4. The van der Waals surface area contributed by atoms with Crippen molar-refractivity contribution in [1.82, 2.24) is 19.6 Å². The highest BCUT2D eigenvalue weighted by Crippen LogP contribution is 2.26. The van der Waals surface area contributed by atoms with Crippen LogP contribution < -0.4 is 4.90 Å². The number of carbonyl (C=O) groups excluding carboxylic acids is 2. The number of anilines is 1. The highest BCUT2D eigenvalue weighted by Gasteiger charge is 2.26. The van der Waals surface area contributed by atoms with Gasteiger partial charge in [0.2, 0.25) is 5.91 Å². The van der Waals surface area contributed by atoms with Crippen LogP contribution in [0.3, 0.4) is 0 Å². The standard InChI is InChI=1S/C28H43N5O2/c1-21(2)18-27(34)32-15-9-14-30(19-22(3)4)16-17-31(20-24-10-7-8-11-25(24)32)28(35)26-12-13-29-33(26)23(5)6/h7-8,10-13,21-23H,9,14-20H2,1-6H3. The van der Waals surface area contributed by atoms with Gasteiger partial charge in [-0.25, -0.2) is 0 Å². The highest BCUT2D eigenvalue weighted by atomic mass is 16.2. The summed E-state index contributed by atoms with van der Waals surface area (Å²) in [5.74, 6) is 0.954. The summed E-state index contributed by atoms with van der Waals surface area (Å²) >= 11 is 0. The van der Waals surface area contributed by atoms with Crippen LogP contribution in [-0.4, -0.2) is 64.1 Å². The summed E-state index contributed by atoms with van der Waals surface area (Å²) in [5.41, 5.74) is 2.53. The Hall–Kier alpha value is -2.67. The zero-order chi connectivity index (χ0) is 25.5. The first-order chi connectivity index (χ1) is 16.7. The molecule has 0 aliphatic carbocycles. The fourth-order valence-electron chi connectivity index (χ4n) is 4.79. The molecule has 3 rings (SSSR count). The Bertz CT molecular complexity index is 981. The Labute approximate surface area is 211 Å². The smallest absolute Gasteiger partial charge is 0.272 e. The second-order valence-corrected chi connectivity index (χ2v) is 10.8. The number of para-hydroxylation sites is 1. The maximum atomic E-state index is 13.8. The summed E-state index contributed by atoms with van der Waals surface area (Å²) in [5, 5.41) is 4.39. The number of fused-ring (bicyclic) bond motifs is 1. The quantitative estimate of drug-likeness (QED) is 0.592. The molecule has 7 nitrogen and oxygen atoms in total. The number of nitrogens with zero attached hydrogens (tertiary/aromatic N) is 5. The van der Waals surface area contributed by atoms with Crippen molar-refractivity contribution in [1.29, 1.82) is 0 Å². The van der Waals surface area contributed by atoms with Crippen LogP contribution in [0, 0.1) is 11.8 Å².